The average molecular weight is 495 g/mol. The minimum atomic E-state index is -0.0942. The van der Waals surface area contributed by atoms with Crippen molar-refractivity contribution in [2.75, 3.05) is 5.75 Å². The first-order valence-corrected chi connectivity index (χ1v) is 11.3. The predicted molar refractivity (Wildman–Crippen MR) is 125 cm³/mol. The first-order valence-electron chi connectivity index (χ1n) is 9.55. The third kappa shape index (κ3) is 5.15. The molecule has 0 bridgehead atoms. The van der Waals surface area contributed by atoms with Gasteiger partial charge in [-0.05, 0) is 35.9 Å². The van der Waals surface area contributed by atoms with Crippen molar-refractivity contribution in [2.24, 2.45) is 0 Å². The van der Waals surface area contributed by atoms with E-state index >= 15 is 0 Å². The topological polar surface area (TPSA) is 80.0 Å². The van der Waals surface area contributed by atoms with Gasteiger partial charge in [-0.25, -0.2) is 0 Å². The van der Waals surface area contributed by atoms with Gasteiger partial charge < -0.3 is 10.4 Å². The highest BCUT2D eigenvalue weighted by atomic mass is 79.9. The third-order valence-corrected chi connectivity index (χ3v) is 5.93. The number of aromatic nitrogens is 3. The first-order chi connectivity index (χ1) is 15.1. The minimum absolute atomic E-state index is 0.0942. The number of hydrogen-bond acceptors (Lipinski definition) is 5. The number of carbonyl (C=O) groups is 1. The standard InChI is InChI=1S/C23H19BrN4O2S/c24-17-11-12-20(29)19(13-17)22-26-27-23(28(22)18-9-5-2-6-10-18)31-15-21(30)25-14-16-7-3-1-4-8-16/h1-13,29H,14-15H2,(H,25,30). The van der Waals surface area contributed by atoms with Crippen molar-refractivity contribution in [3.63, 3.8) is 0 Å². The molecule has 0 unspecified atom stereocenters. The molecule has 0 aliphatic heterocycles. The van der Waals surface area contributed by atoms with Crippen molar-refractivity contribution in [3.05, 3.63) is 88.9 Å². The molecule has 0 aliphatic rings. The van der Waals surface area contributed by atoms with E-state index in [2.05, 4.69) is 31.4 Å². The number of nitrogens with zero attached hydrogens (tertiary/aromatic N) is 3. The zero-order valence-corrected chi connectivity index (χ0v) is 18.8. The summed E-state index contributed by atoms with van der Waals surface area (Å²) in [6, 6.07) is 24.5. The van der Waals surface area contributed by atoms with Gasteiger partial charge in [0.2, 0.25) is 5.91 Å². The highest BCUT2D eigenvalue weighted by molar-refractivity contribution is 9.10. The smallest absolute Gasteiger partial charge is 0.230 e. The number of halogens is 1. The van der Waals surface area contributed by atoms with Gasteiger partial charge in [0.25, 0.3) is 0 Å². The molecule has 0 radical (unpaired) electrons. The van der Waals surface area contributed by atoms with E-state index in [1.54, 1.807) is 18.2 Å². The van der Waals surface area contributed by atoms with Crippen molar-refractivity contribution in [1.29, 1.82) is 0 Å². The fourth-order valence-corrected chi connectivity index (χ4v) is 4.16. The molecule has 0 spiro atoms. The van der Waals surface area contributed by atoms with Gasteiger partial charge in [0.05, 0.1) is 11.3 Å². The Hall–Kier alpha value is -3.10. The lowest BCUT2D eigenvalue weighted by Gasteiger charge is -2.11. The van der Waals surface area contributed by atoms with Crippen LogP contribution in [0, 0.1) is 0 Å². The second-order valence-electron chi connectivity index (χ2n) is 6.69. The summed E-state index contributed by atoms with van der Waals surface area (Å²) in [6.07, 6.45) is 0. The maximum atomic E-state index is 12.4. The Kier molecular flexibility index (Phi) is 6.69. The molecule has 0 saturated heterocycles. The van der Waals surface area contributed by atoms with Crippen LogP contribution in [0.2, 0.25) is 0 Å². The molecule has 156 valence electrons. The molecular formula is C23H19BrN4O2S. The Labute approximate surface area is 192 Å². The molecule has 0 aliphatic carbocycles. The van der Waals surface area contributed by atoms with Gasteiger partial charge in [0.15, 0.2) is 11.0 Å². The van der Waals surface area contributed by atoms with Crippen LogP contribution in [0.3, 0.4) is 0 Å². The zero-order chi connectivity index (χ0) is 21.6. The summed E-state index contributed by atoms with van der Waals surface area (Å²) in [6.45, 7) is 0.475. The van der Waals surface area contributed by atoms with E-state index in [0.29, 0.717) is 23.1 Å². The summed E-state index contributed by atoms with van der Waals surface area (Å²) in [4.78, 5) is 12.4. The molecule has 4 rings (SSSR count). The van der Waals surface area contributed by atoms with Crippen molar-refractivity contribution >= 4 is 33.6 Å². The zero-order valence-electron chi connectivity index (χ0n) is 16.4. The summed E-state index contributed by atoms with van der Waals surface area (Å²) < 4.78 is 2.66. The Bertz CT molecular complexity index is 1180. The first kappa shape index (κ1) is 21.1. The normalized spacial score (nSPS) is 10.7. The molecule has 1 heterocycles. The number of aromatic hydroxyl groups is 1. The van der Waals surface area contributed by atoms with Crippen molar-refractivity contribution in [3.8, 4) is 22.8 Å². The molecule has 3 aromatic carbocycles. The number of nitrogens with one attached hydrogen (secondary N) is 1. The monoisotopic (exact) mass is 494 g/mol. The Morgan fingerprint density at radius 1 is 1.00 bits per heavy atom. The largest absolute Gasteiger partial charge is 0.507 e. The van der Waals surface area contributed by atoms with E-state index < -0.39 is 0 Å². The number of para-hydroxylation sites is 1. The van der Waals surface area contributed by atoms with Crippen LogP contribution in [0.15, 0.2) is 88.5 Å². The van der Waals surface area contributed by atoms with Crippen LogP contribution in [0.1, 0.15) is 5.56 Å². The summed E-state index contributed by atoms with van der Waals surface area (Å²) in [7, 11) is 0. The minimum Gasteiger partial charge on any atom is -0.507 e. The van der Waals surface area contributed by atoms with Crippen molar-refractivity contribution in [1.82, 2.24) is 20.1 Å². The quantitative estimate of drug-likeness (QED) is 0.360. The number of hydrogen-bond donors (Lipinski definition) is 2. The third-order valence-electron chi connectivity index (χ3n) is 4.51. The fraction of sp³-hybridized carbons (Fsp3) is 0.0870. The van der Waals surface area contributed by atoms with E-state index in [4.69, 9.17) is 0 Å². The van der Waals surface area contributed by atoms with Crippen LogP contribution < -0.4 is 5.32 Å². The number of phenolic OH excluding ortho intramolecular Hbond substituents is 1. The summed E-state index contributed by atoms with van der Waals surface area (Å²) in [5.74, 6) is 0.702. The molecule has 1 aromatic heterocycles. The maximum absolute atomic E-state index is 12.4. The molecule has 4 aromatic rings. The molecule has 6 nitrogen and oxygen atoms in total. The van der Waals surface area contributed by atoms with Crippen LogP contribution in [0.5, 0.6) is 5.75 Å². The molecule has 0 atom stereocenters. The molecule has 2 N–H and O–H groups in total. The van der Waals surface area contributed by atoms with Gasteiger partial charge in [0, 0.05) is 16.7 Å². The van der Waals surface area contributed by atoms with Crippen LogP contribution in [-0.4, -0.2) is 31.5 Å². The van der Waals surface area contributed by atoms with Gasteiger partial charge in [-0.15, -0.1) is 10.2 Å². The predicted octanol–water partition coefficient (Wildman–Crippen LogP) is 4.81. The number of thioether (sulfide) groups is 1. The van der Waals surface area contributed by atoms with Gasteiger partial charge >= 0.3 is 0 Å². The lowest BCUT2D eigenvalue weighted by atomic mass is 10.2. The van der Waals surface area contributed by atoms with E-state index in [9.17, 15) is 9.90 Å². The Balaban J connectivity index is 1.57. The Morgan fingerprint density at radius 3 is 2.45 bits per heavy atom. The van der Waals surface area contributed by atoms with E-state index in [1.165, 1.54) is 11.8 Å². The van der Waals surface area contributed by atoms with Gasteiger partial charge in [-0.1, -0.05) is 76.2 Å². The second kappa shape index (κ2) is 9.80. The van der Waals surface area contributed by atoms with Gasteiger partial charge in [-0.3, -0.25) is 9.36 Å². The van der Waals surface area contributed by atoms with Gasteiger partial charge in [-0.2, -0.15) is 0 Å². The van der Waals surface area contributed by atoms with Crippen LogP contribution in [0.25, 0.3) is 17.1 Å². The van der Waals surface area contributed by atoms with E-state index in [0.717, 1.165) is 15.7 Å². The lowest BCUT2D eigenvalue weighted by Crippen LogP contribution is -2.24. The molecule has 31 heavy (non-hydrogen) atoms. The van der Waals surface area contributed by atoms with Crippen LogP contribution in [0.4, 0.5) is 0 Å². The van der Waals surface area contributed by atoms with Gasteiger partial charge in [0.1, 0.15) is 5.75 Å². The van der Waals surface area contributed by atoms with Crippen LogP contribution in [-0.2, 0) is 11.3 Å². The Morgan fingerprint density at radius 2 is 1.71 bits per heavy atom. The highest BCUT2D eigenvalue weighted by Gasteiger charge is 2.19. The molecule has 0 fully saturated rings. The highest BCUT2D eigenvalue weighted by Crippen LogP contribution is 2.34. The maximum Gasteiger partial charge on any atom is 0.230 e. The van der Waals surface area contributed by atoms with Crippen molar-refractivity contribution < 1.29 is 9.90 Å². The number of amides is 1. The number of rotatable bonds is 7. The van der Waals surface area contributed by atoms with E-state index in [1.807, 2.05) is 65.2 Å². The second-order valence-corrected chi connectivity index (χ2v) is 8.55. The fourth-order valence-electron chi connectivity index (χ4n) is 3.01. The lowest BCUT2D eigenvalue weighted by molar-refractivity contribution is -0.118. The molecular weight excluding hydrogens is 476 g/mol. The summed E-state index contributed by atoms with van der Waals surface area (Å²) in [5.41, 5.74) is 2.43. The van der Waals surface area contributed by atoms with E-state index in [-0.39, 0.29) is 17.4 Å². The SMILES string of the molecule is O=C(CSc1nnc(-c2cc(Br)ccc2O)n1-c1ccccc1)NCc1ccccc1. The molecule has 1 amide bonds. The number of phenols is 1. The van der Waals surface area contributed by atoms with Crippen LogP contribution >= 0.6 is 27.7 Å². The number of carbonyl (C=O) groups excluding carboxylic acids is 1. The average Bonchev–Trinajstić information content (AvgIpc) is 3.23. The summed E-state index contributed by atoms with van der Waals surface area (Å²) >= 11 is 4.74. The molecule has 8 heteroatoms. The molecule has 0 saturated carbocycles. The van der Waals surface area contributed by atoms with Crippen molar-refractivity contribution in [2.45, 2.75) is 11.7 Å². The summed E-state index contributed by atoms with van der Waals surface area (Å²) in [5, 5.41) is 22.5. The number of benzene rings is 3.